The molecular formula is C15H14N2O3. The van der Waals surface area contributed by atoms with Crippen LogP contribution < -0.4 is 20.5 Å². The van der Waals surface area contributed by atoms with Crippen LogP contribution in [0.15, 0.2) is 42.5 Å². The summed E-state index contributed by atoms with van der Waals surface area (Å²) in [4.78, 5) is 12.1. The third kappa shape index (κ3) is 2.51. The molecule has 0 fully saturated rings. The SMILES string of the molecule is Nc1ccc(NC(=O)c2ccc3c(c2)OCCO3)cc1. The Morgan fingerprint density at radius 2 is 1.70 bits per heavy atom. The number of hydrogen-bond acceptors (Lipinski definition) is 4. The maximum atomic E-state index is 12.1. The third-order valence-corrected chi connectivity index (χ3v) is 2.97. The van der Waals surface area contributed by atoms with Crippen LogP contribution in [-0.2, 0) is 0 Å². The maximum absolute atomic E-state index is 12.1. The third-order valence-electron chi connectivity index (χ3n) is 2.97. The molecule has 3 N–H and O–H groups in total. The number of carbonyl (C=O) groups excluding carboxylic acids is 1. The molecule has 0 aromatic heterocycles. The normalized spacial score (nSPS) is 12.8. The molecule has 1 heterocycles. The van der Waals surface area contributed by atoms with Crippen molar-refractivity contribution in [3.8, 4) is 11.5 Å². The first-order valence-electron chi connectivity index (χ1n) is 6.29. The molecule has 0 saturated carbocycles. The zero-order valence-corrected chi connectivity index (χ0v) is 10.8. The van der Waals surface area contributed by atoms with Crippen molar-refractivity contribution in [3.63, 3.8) is 0 Å². The van der Waals surface area contributed by atoms with Gasteiger partial charge in [-0.2, -0.15) is 0 Å². The molecule has 5 heteroatoms. The van der Waals surface area contributed by atoms with E-state index >= 15 is 0 Å². The molecule has 20 heavy (non-hydrogen) atoms. The number of fused-ring (bicyclic) bond motifs is 1. The maximum Gasteiger partial charge on any atom is 0.255 e. The zero-order valence-electron chi connectivity index (χ0n) is 10.8. The first-order valence-corrected chi connectivity index (χ1v) is 6.29. The molecule has 1 aliphatic rings. The second-order valence-electron chi connectivity index (χ2n) is 4.43. The van der Waals surface area contributed by atoms with Crippen molar-refractivity contribution in [1.29, 1.82) is 0 Å². The van der Waals surface area contributed by atoms with E-state index in [2.05, 4.69) is 5.32 Å². The lowest BCUT2D eigenvalue weighted by Crippen LogP contribution is -2.17. The van der Waals surface area contributed by atoms with E-state index in [4.69, 9.17) is 15.2 Å². The monoisotopic (exact) mass is 270 g/mol. The number of carbonyl (C=O) groups is 1. The van der Waals surface area contributed by atoms with Crippen LogP contribution in [0.25, 0.3) is 0 Å². The number of anilines is 2. The summed E-state index contributed by atoms with van der Waals surface area (Å²) >= 11 is 0. The van der Waals surface area contributed by atoms with Crippen molar-refractivity contribution in [2.75, 3.05) is 24.3 Å². The summed E-state index contributed by atoms with van der Waals surface area (Å²) in [7, 11) is 0. The highest BCUT2D eigenvalue weighted by Crippen LogP contribution is 2.30. The molecule has 5 nitrogen and oxygen atoms in total. The highest BCUT2D eigenvalue weighted by atomic mass is 16.6. The summed E-state index contributed by atoms with van der Waals surface area (Å²) in [5.41, 5.74) is 7.47. The van der Waals surface area contributed by atoms with Gasteiger partial charge < -0.3 is 20.5 Å². The summed E-state index contributed by atoms with van der Waals surface area (Å²) < 4.78 is 10.9. The number of hydrogen-bond donors (Lipinski definition) is 2. The van der Waals surface area contributed by atoms with Crippen LogP contribution in [0.5, 0.6) is 11.5 Å². The van der Waals surface area contributed by atoms with Crippen LogP contribution >= 0.6 is 0 Å². The molecule has 3 rings (SSSR count). The number of nitrogens with two attached hydrogens (primary N) is 1. The second kappa shape index (κ2) is 5.13. The standard InChI is InChI=1S/C15H14N2O3/c16-11-2-4-12(5-3-11)17-15(18)10-1-6-13-14(9-10)20-8-7-19-13/h1-6,9H,7-8,16H2,(H,17,18). The van der Waals surface area contributed by atoms with Gasteiger partial charge >= 0.3 is 0 Å². The predicted octanol–water partition coefficient (Wildman–Crippen LogP) is 2.29. The van der Waals surface area contributed by atoms with E-state index < -0.39 is 0 Å². The van der Waals surface area contributed by atoms with Crippen LogP contribution in [0.1, 0.15) is 10.4 Å². The summed E-state index contributed by atoms with van der Waals surface area (Å²) in [6.07, 6.45) is 0. The second-order valence-corrected chi connectivity index (χ2v) is 4.43. The van der Waals surface area contributed by atoms with Gasteiger partial charge in [0.05, 0.1) is 0 Å². The molecular weight excluding hydrogens is 256 g/mol. The molecule has 0 bridgehead atoms. The minimum atomic E-state index is -0.202. The quantitative estimate of drug-likeness (QED) is 0.821. The van der Waals surface area contributed by atoms with Crippen molar-refractivity contribution < 1.29 is 14.3 Å². The van der Waals surface area contributed by atoms with Crippen LogP contribution in [0.4, 0.5) is 11.4 Å². The lowest BCUT2D eigenvalue weighted by Gasteiger charge is -2.18. The highest BCUT2D eigenvalue weighted by Gasteiger charge is 2.14. The van der Waals surface area contributed by atoms with Gasteiger partial charge in [0, 0.05) is 16.9 Å². The van der Waals surface area contributed by atoms with E-state index in [0.29, 0.717) is 41.7 Å². The topological polar surface area (TPSA) is 73.6 Å². The molecule has 1 amide bonds. The Bertz CT molecular complexity index is 638. The summed E-state index contributed by atoms with van der Waals surface area (Å²) in [6.45, 7) is 1.03. The van der Waals surface area contributed by atoms with Crippen LogP contribution in [-0.4, -0.2) is 19.1 Å². The molecule has 2 aromatic carbocycles. The highest BCUT2D eigenvalue weighted by molar-refractivity contribution is 6.04. The number of amides is 1. The van der Waals surface area contributed by atoms with Gasteiger partial charge in [-0.1, -0.05) is 0 Å². The van der Waals surface area contributed by atoms with E-state index in [1.54, 1.807) is 42.5 Å². The fourth-order valence-electron chi connectivity index (χ4n) is 1.95. The molecule has 0 radical (unpaired) electrons. The summed E-state index contributed by atoms with van der Waals surface area (Å²) in [5.74, 6) is 1.06. The van der Waals surface area contributed by atoms with Gasteiger partial charge in [-0.15, -0.1) is 0 Å². The lowest BCUT2D eigenvalue weighted by molar-refractivity contribution is 0.102. The molecule has 0 atom stereocenters. The van der Waals surface area contributed by atoms with Gasteiger partial charge in [-0.3, -0.25) is 4.79 Å². The minimum Gasteiger partial charge on any atom is -0.486 e. The molecule has 0 unspecified atom stereocenters. The predicted molar refractivity (Wildman–Crippen MR) is 76.2 cm³/mol. The summed E-state index contributed by atoms with van der Waals surface area (Å²) in [6, 6.07) is 12.1. The Hall–Kier alpha value is -2.69. The van der Waals surface area contributed by atoms with Gasteiger partial charge in [0.25, 0.3) is 5.91 Å². The smallest absolute Gasteiger partial charge is 0.255 e. The molecule has 102 valence electrons. The minimum absolute atomic E-state index is 0.202. The van der Waals surface area contributed by atoms with Crippen molar-refractivity contribution in [3.05, 3.63) is 48.0 Å². The first-order chi connectivity index (χ1) is 9.72. The molecule has 2 aromatic rings. The Morgan fingerprint density at radius 1 is 1.00 bits per heavy atom. The van der Waals surface area contributed by atoms with Crippen molar-refractivity contribution in [2.45, 2.75) is 0 Å². The first kappa shape index (κ1) is 12.3. The van der Waals surface area contributed by atoms with E-state index in [0.717, 1.165) is 0 Å². The van der Waals surface area contributed by atoms with E-state index in [1.807, 2.05) is 0 Å². The van der Waals surface area contributed by atoms with Gasteiger partial charge in [-0.05, 0) is 42.5 Å². The number of ether oxygens (including phenoxy) is 2. The number of rotatable bonds is 2. The van der Waals surface area contributed by atoms with E-state index in [1.165, 1.54) is 0 Å². The number of nitrogen functional groups attached to an aromatic ring is 1. The van der Waals surface area contributed by atoms with Gasteiger partial charge in [0.2, 0.25) is 0 Å². The molecule has 0 spiro atoms. The van der Waals surface area contributed by atoms with Crippen molar-refractivity contribution in [1.82, 2.24) is 0 Å². The summed E-state index contributed by atoms with van der Waals surface area (Å²) in [5, 5.41) is 2.80. The molecule has 0 saturated heterocycles. The van der Waals surface area contributed by atoms with Gasteiger partial charge in [0.1, 0.15) is 13.2 Å². The lowest BCUT2D eigenvalue weighted by atomic mass is 10.1. The molecule has 0 aliphatic carbocycles. The van der Waals surface area contributed by atoms with Crippen molar-refractivity contribution >= 4 is 17.3 Å². The van der Waals surface area contributed by atoms with Gasteiger partial charge in [-0.25, -0.2) is 0 Å². The Labute approximate surface area is 116 Å². The number of benzene rings is 2. The largest absolute Gasteiger partial charge is 0.486 e. The van der Waals surface area contributed by atoms with Crippen LogP contribution in [0, 0.1) is 0 Å². The number of nitrogens with one attached hydrogen (secondary N) is 1. The van der Waals surface area contributed by atoms with E-state index in [-0.39, 0.29) is 5.91 Å². The average molecular weight is 270 g/mol. The zero-order chi connectivity index (χ0) is 13.9. The average Bonchev–Trinajstić information content (AvgIpc) is 2.49. The Kier molecular flexibility index (Phi) is 3.16. The van der Waals surface area contributed by atoms with Crippen LogP contribution in [0.2, 0.25) is 0 Å². The van der Waals surface area contributed by atoms with Gasteiger partial charge in [0.15, 0.2) is 11.5 Å². The Morgan fingerprint density at radius 3 is 2.45 bits per heavy atom. The van der Waals surface area contributed by atoms with Crippen molar-refractivity contribution in [2.24, 2.45) is 0 Å². The van der Waals surface area contributed by atoms with E-state index in [9.17, 15) is 4.79 Å². The fraction of sp³-hybridized carbons (Fsp3) is 0.133. The fourth-order valence-corrected chi connectivity index (χ4v) is 1.95. The van der Waals surface area contributed by atoms with Crippen LogP contribution in [0.3, 0.4) is 0 Å². The Balaban J connectivity index is 1.78. The molecule has 1 aliphatic heterocycles.